The minimum atomic E-state index is -0.0364. The highest BCUT2D eigenvalue weighted by Gasteiger charge is 2.14. The Morgan fingerprint density at radius 3 is 2.84 bits per heavy atom. The Hall–Kier alpha value is -1.59. The Kier molecular flexibility index (Phi) is 6.70. The van der Waals surface area contributed by atoms with Gasteiger partial charge in [0.1, 0.15) is 0 Å². The SMILES string of the molecule is O=C(CCC(=O)c1ccc2c(c1)CCC2)NCCSCc1ccsc1. The predicted octanol–water partition coefficient (Wildman–Crippen LogP) is 4.25. The molecule has 0 radical (unpaired) electrons. The van der Waals surface area contributed by atoms with Crippen molar-refractivity contribution in [3.05, 3.63) is 57.3 Å². The molecule has 1 aliphatic rings. The fourth-order valence-corrected chi connectivity index (χ4v) is 4.61. The summed E-state index contributed by atoms with van der Waals surface area (Å²) in [5.41, 5.74) is 4.76. The molecule has 3 nitrogen and oxygen atoms in total. The van der Waals surface area contributed by atoms with Crippen molar-refractivity contribution in [2.45, 2.75) is 37.9 Å². The van der Waals surface area contributed by atoms with Crippen molar-refractivity contribution < 1.29 is 9.59 Å². The lowest BCUT2D eigenvalue weighted by atomic mass is 10.0. The number of rotatable bonds is 9. The molecule has 0 saturated heterocycles. The van der Waals surface area contributed by atoms with E-state index in [0.717, 1.165) is 29.9 Å². The molecule has 5 heteroatoms. The minimum absolute atomic E-state index is 0.0364. The Morgan fingerprint density at radius 2 is 2.00 bits per heavy atom. The van der Waals surface area contributed by atoms with Gasteiger partial charge in [0.15, 0.2) is 5.78 Å². The van der Waals surface area contributed by atoms with Crippen molar-refractivity contribution in [2.24, 2.45) is 0 Å². The maximum atomic E-state index is 12.3. The van der Waals surface area contributed by atoms with Crippen LogP contribution in [0.5, 0.6) is 0 Å². The maximum Gasteiger partial charge on any atom is 0.220 e. The molecule has 1 aromatic heterocycles. The van der Waals surface area contributed by atoms with Gasteiger partial charge in [0.05, 0.1) is 0 Å². The van der Waals surface area contributed by atoms with Crippen LogP contribution in [0.4, 0.5) is 0 Å². The lowest BCUT2D eigenvalue weighted by Crippen LogP contribution is -2.26. The number of thioether (sulfide) groups is 1. The van der Waals surface area contributed by atoms with Gasteiger partial charge in [-0.05, 0) is 58.8 Å². The smallest absolute Gasteiger partial charge is 0.220 e. The molecule has 0 fully saturated rings. The van der Waals surface area contributed by atoms with Crippen LogP contribution in [-0.4, -0.2) is 24.0 Å². The van der Waals surface area contributed by atoms with Crippen LogP contribution in [0, 0.1) is 0 Å². The van der Waals surface area contributed by atoms with Gasteiger partial charge in [0, 0.05) is 36.5 Å². The highest BCUT2D eigenvalue weighted by molar-refractivity contribution is 7.98. The molecule has 0 spiro atoms. The largest absolute Gasteiger partial charge is 0.355 e. The highest BCUT2D eigenvalue weighted by Crippen LogP contribution is 2.23. The predicted molar refractivity (Wildman–Crippen MR) is 106 cm³/mol. The molecule has 0 aliphatic heterocycles. The summed E-state index contributed by atoms with van der Waals surface area (Å²) in [5.74, 6) is 1.90. The van der Waals surface area contributed by atoms with E-state index in [9.17, 15) is 9.59 Å². The van der Waals surface area contributed by atoms with E-state index >= 15 is 0 Å². The number of fused-ring (bicyclic) bond motifs is 1. The molecule has 1 aliphatic carbocycles. The lowest BCUT2D eigenvalue weighted by Gasteiger charge is -2.06. The third-order valence-corrected chi connectivity index (χ3v) is 6.18. The first-order valence-electron chi connectivity index (χ1n) is 8.73. The van der Waals surface area contributed by atoms with Crippen molar-refractivity contribution in [1.29, 1.82) is 0 Å². The Labute approximate surface area is 157 Å². The Balaban J connectivity index is 1.32. The standard InChI is InChI=1S/C20H23NO2S2/c22-19(18-5-4-16-2-1-3-17(16)12-18)6-7-20(23)21-9-11-25-14-15-8-10-24-13-15/h4-5,8,10,12-13H,1-3,6-7,9,11,14H2,(H,21,23). The van der Waals surface area contributed by atoms with E-state index in [1.807, 2.05) is 23.9 Å². The number of benzene rings is 1. The molecule has 1 aromatic carbocycles. The summed E-state index contributed by atoms with van der Waals surface area (Å²) in [6.07, 6.45) is 3.92. The van der Waals surface area contributed by atoms with Gasteiger partial charge in [-0.1, -0.05) is 12.1 Å². The summed E-state index contributed by atoms with van der Waals surface area (Å²) >= 11 is 3.52. The van der Waals surface area contributed by atoms with E-state index in [1.54, 1.807) is 11.3 Å². The summed E-state index contributed by atoms with van der Waals surface area (Å²) in [4.78, 5) is 24.2. The number of Topliss-reactive ketones (excluding diaryl/α,β-unsaturated/α-hetero) is 1. The van der Waals surface area contributed by atoms with Gasteiger partial charge in [-0.25, -0.2) is 0 Å². The number of ketones is 1. The van der Waals surface area contributed by atoms with Crippen molar-refractivity contribution in [3.8, 4) is 0 Å². The van der Waals surface area contributed by atoms with E-state index in [1.165, 1.54) is 23.1 Å². The number of thiophene rings is 1. The molecule has 0 unspecified atom stereocenters. The quantitative estimate of drug-likeness (QED) is 0.528. The number of aryl methyl sites for hydroxylation is 2. The van der Waals surface area contributed by atoms with Gasteiger partial charge in [-0.15, -0.1) is 0 Å². The van der Waals surface area contributed by atoms with Crippen LogP contribution in [0.2, 0.25) is 0 Å². The van der Waals surface area contributed by atoms with Gasteiger partial charge < -0.3 is 5.32 Å². The Morgan fingerprint density at radius 1 is 1.12 bits per heavy atom. The van der Waals surface area contributed by atoms with E-state index in [4.69, 9.17) is 0 Å². The van der Waals surface area contributed by atoms with Crippen molar-refractivity contribution in [2.75, 3.05) is 12.3 Å². The molecular weight excluding hydrogens is 350 g/mol. The second-order valence-electron chi connectivity index (χ2n) is 6.29. The van der Waals surface area contributed by atoms with Crippen LogP contribution in [0.1, 0.15) is 46.3 Å². The molecular formula is C20H23NO2S2. The zero-order chi connectivity index (χ0) is 17.5. The van der Waals surface area contributed by atoms with E-state index in [0.29, 0.717) is 6.54 Å². The third kappa shape index (κ3) is 5.44. The van der Waals surface area contributed by atoms with Crippen LogP contribution < -0.4 is 5.32 Å². The van der Waals surface area contributed by atoms with Gasteiger partial charge in [-0.2, -0.15) is 23.1 Å². The third-order valence-electron chi connectivity index (χ3n) is 4.42. The fraction of sp³-hybridized carbons (Fsp3) is 0.400. The normalized spacial score (nSPS) is 12.8. The van der Waals surface area contributed by atoms with Gasteiger partial charge >= 0.3 is 0 Å². The zero-order valence-corrected chi connectivity index (χ0v) is 15.9. The van der Waals surface area contributed by atoms with Crippen LogP contribution in [0.25, 0.3) is 0 Å². The molecule has 3 rings (SSSR count). The first-order chi connectivity index (χ1) is 12.2. The van der Waals surface area contributed by atoms with Crippen LogP contribution in [0.15, 0.2) is 35.0 Å². The molecule has 1 N–H and O–H groups in total. The molecule has 0 bridgehead atoms. The van der Waals surface area contributed by atoms with Crippen LogP contribution in [0.3, 0.4) is 0 Å². The van der Waals surface area contributed by atoms with Crippen LogP contribution in [-0.2, 0) is 23.4 Å². The Bertz CT molecular complexity index is 725. The van der Waals surface area contributed by atoms with Gasteiger partial charge in [0.2, 0.25) is 5.91 Å². The second kappa shape index (κ2) is 9.20. The lowest BCUT2D eigenvalue weighted by molar-refractivity contribution is -0.120. The number of amides is 1. The minimum Gasteiger partial charge on any atom is -0.355 e. The summed E-state index contributed by atoms with van der Waals surface area (Å²) < 4.78 is 0. The molecule has 2 aromatic rings. The molecule has 0 atom stereocenters. The van der Waals surface area contributed by atoms with Crippen LogP contribution >= 0.6 is 23.1 Å². The molecule has 0 saturated carbocycles. The highest BCUT2D eigenvalue weighted by atomic mass is 32.2. The van der Waals surface area contributed by atoms with Crippen molar-refractivity contribution in [1.82, 2.24) is 5.32 Å². The van der Waals surface area contributed by atoms with E-state index in [2.05, 4.69) is 28.2 Å². The maximum absolute atomic E-state index is 12.3. The number of hydrogen-bond donors (Lipinski definition) is 1. The fourth-order valence-electron chi connectivity index (χ4n) is 3.03. The average molecular weight is 374 g/mol. The number of nitrogens with one attached hydrogen (secondary N) is 1. The molecule has 132 valence electrons. The van der Waals surface area contributed by atoms with E-state index < -0.39 is 0 Å². The van der Waals surface area contributed by atoms with Crippen molar-refractivity contribution in [3.63, 3.8) is 0 Å². The van der Waals surface area contributed by atoms with E-state index in [-0.39, 0.29) is 24.5 Å². The summed E-state index contributed by atoms with van der Waals surface area (Å²) in [7, 11) is 0. The molecule has 1 amide bonds. The summed E-state index contributed by atoms with van der Waals surface area (Å²) in [6.45, 7) is 0.653. The number of hydrogen-bond acceptors (Lipinski definition) is 4. The summed E-state index contributed by atoms with van der Waals surface area (Å²) in [6, 6.07) is 8.12. The summed E-state index contributed by atoms with van der Waals surface area (Å²) in [5, 5.41) is 7.13. The van der Waals surface area contributed by atoms with Crippen molar-refractivity contribution >= 4 is 34.8 Å². The molecule has 25 heavy (non-hydrogen) atoms. The first kappa shape index (κ1) is 18.2. The topological polar surface area (TPSA) is 46.2 Å². The molecule has 1 heterocycles. The number of carbonyl (C=O) groups excluding carboxylic acids is 2. The monoisotopic (exact) mass is 373 g/mol. The average Bonchev–Trinajstić information content (AvgIpc) is 3.30. The number of carbonyl (C=O) groups is 2. The zero-order valence-electron chi connectivity index (χ0n) is 14.3. The van der Waals surface area contributed by atoms with Gasteiger partial charge in [0.25, 0.3) is 0 Å². The van der Waals surface area contributed by atoms with Gasteiger partial charge in [-0.3, -0.25) is 9.59 Å². The second-order valence-corrected chi connectivity index (χ2v) is 8.18. The first-order valence-corrected chi connectivity index (χ1v) is 10.8.